The van der Waals surface area contributed by atoms with Gasteiger partial charge in [-0.25, -0.2) is 0 Å². The molecule has 0 saturated heterocycles. The fourth-order valence-electron chi connectivity index (χ4n) is 1.00. The molecule has 0 aliphatic carbocycles. The molecule has 0 aromatic rings. The zero-order valence-electron chi connectivity index (χ0n) is 7.93. The predicted molar refractivity (Wildman–Crippen MR) is 55.7 cm³/mol. The van der Waals surface area contributed by atoms with Crippen LogP contribution >= 0.6 is 0 Å². The van der Waals surface area contributed by atoms with Crippen LogP contribution in [-0.4, -0.2) is 6.21 Å². The Morgan fingerprint density at radius 3 is 2.67 bits per heavy atom. The van der Waals surface area contributed by atoms with Gasteiger partial charge in [0.25, 0.3) is 0 Å². The van der Waals surface area contributed by atoms with E-state index in [1.165, 1.54) is 18.2 Å². The van der Waals surface area contributed by atoms with Crippen LogP contribution in [0.4, 0.5) is 0 Å². The van der Waals surface area contributed by atoms with Crippen LogP contribution in [0.15, 0.2) is 36.0 Å². The van der Waals surface area contributed by atoms with E-state index in [1.54, 1.807) is 6.08 Å². The Balaban J connectivity index is 4.04. The fraction of sp³-hybridized carbons (Fsp3) is 0.364. The fourth-order valence-corrected chi connectivity index (χ4v) is 1.00. The molecule has 0 aromatic carbocycles. The maximum absolute atomic E-state index is 6.79. The van der Waals surface area contributed by atoms with E-state index in [0.29, 0.717) is 0 Å². The van der Waals surface area contributed by atoms with Crippen LogP contribution < -0.4 is 0 Å². The van der Waals surface area contributed by atoms with Crippen molar-refractivity contribution in [1.82, 2.24) is 0 Å². The lowest BCUT2D eigenvalue weighted by atomic mass is 10.1. The zero-order valence-corrected chi connectivity index (χ0v) is 7.93. The van der Waals surface area contributed by atoms with Crippen LogP contribution in [0.1, 0.15) is 26.7 Å². The summed E-state index contributed by atoms with van der Waals surface area (Å²) in [6, 6.07) is 0. The first-order chi connectivity index (χ1) is 5.70. The molecule has 0 saturated carbocycles. The Bertz CT molecular complexity index is 209. The molecule has 0 atom stereocenters. The number of allylic oxidation sites excluding steroid dienone is 5. The molecule has 12 heavy (non-hydrogen) atoms. The van der Waals surface area contributed by atoms with Gasteiger partial charge in [-0.2, -0.15) is 0 Å². The highest BCUT2D eigenvalue weighted by Crippen LogP contribution is 2.07. The quantitative estimate of drug-likeness (QED) is 0.474. The highest BCUT2D eigenvalue weighted by molar-refractivity contribution is 5.68. The molecular weight excluding hydrogens is 146 g/mol. The highest BCUT2D eigenvalue weighted by Gasteiger charge is 1.87. The third kappa shape index (κ3) is 5.66. The molecule has 0 unspecified atom stereocenters. The number of rotatable bonds is 5. The van der Waals surface area contributed by atoms with Gasteiger partial charge in [-0.05, 0) is 25.0 Å². The monoisotopic (exact) mass is 163 g/mol. The van der Waals surface area contributed by atoms with E-state index in [1.807, 2.05) is 6.08 Å². The number of hydrogen-bond acceptors (Lipinski definition) is 1. The molecule has 0 rings (SSSR count). The Kier molecular flexibility index (Phi) is 5.98. The topological polar surface area (TPSA) is 23.9 Å². The van der Waals surface area contributed by atoms with Crippen LogP contribution in [0, 0.1) is 5.41 Å². The van der Waals surface area contributed by atoms with Crippen molar-refractivity contribution in [2.75, 3.05) is 0 Å². The van der Waals surface area contributed by atoms with E-state index in [4.69, 9.17) is 5.41 Å². The molecule has 0 amide bonds. The summed E-state index contributed by atoms with van der Waals surface area (Å²) in [6.45, 7) is 8.11. The summed E-state index contributed by atoms with van der Waals surface area (Å²) in [4.78, 5) is 0. The van der Waals surface area contributed by atoms with Crippen LogP contribution in [0.5, 0.6) is 0 Å². The van der Waals surface area contributed by atoms with Gasteiger partial charge < -0.3 is 5.41 Å². The smallest absolute Gasteiger partial charge is 0.0177 e. The van der Waals surface area contributed by atoms with Crippen molar-refractivity contribution in [2.24, 2.45) is 0 Å². The Hall–Kier alpha value is -1.11. The second-order valence-electron chi connectivity index (χ2n) is 2.84. The summed E-state index contributed by atoms with van der Waals surface area (Å²) in [5.41, 5.74) is 2.31. The molecule has 0 aliphatic heterocycles. The molecule has 66 valence electrons. The van der Waals surface area contributed by atoms with Crippen molar-refractivity contribution in [1.29, 1.82) is 5.41 Å². The SMILES string of the molecule is C=C(/C=C\C=N)/C=C(\C)CCC. The Morgan fingerprint density at radius 1 is 1.50 bits per heavy atom. The van der Waals surface area contributed by atoms with Crippen LogP contribution in [0.25, 0.3) is 0 Å². The van der Waals surface area contributed by atoms with E-state index in [0.717, 1.165) is 12.0 Å². The minimum atomic E-state index is 0.962. The highest BCUT2D eigenvalue weighted by atomic mass is 14.3. The van der Waals surface area contributed by atoms with Gasteiger partial charge in [-0.3, -0.25) is 0 Å². The zero-order chi connectivity index (χ0) is 9.40. The third-order valence-electron chi connectivity index (χ3n) is 1.48. The first-order valence-electron chi connectivity index (χ1n) is 4.24. The lowest BCUT2D eigenvalue weighted by molar-refractivity contribution is 0.905. The minimum Gasteiger partial charge on any atom is -0.309 e. The second kappa shape index (κ2) is 6.59. The van der Waals surface area contributed by atoms with E-state index in [-0.39, 0.29) is 0 Å². The van der Waals surface area contributed by atoms with Crippen LogP contribution in [0.2, 0.25) is 0 Å². The number of hydrogen-bond donors (Lipinski definition) is 1. The normalized spacial score (nSPS) is 12.0. The maximum Gasteiger partial charge on any atom is 0.0177 e. The molecule has 0 aromatic heterocycles. The van der Waals surface area contributed by atoms with Crippen molar-refractivity contribution in [3.63, 3.8) is 0 Å². The van der Waals surface area contributed by atoms with Gasteiger partial charge in [-0.1, -0.05) is 37.6 Å². The van der Waals surface area contributed by atoms with Gasteiger partial charge in [0.15, 0.2) is 0 Å². The summed E-state index contributed by atoms with van der Waals surface area (Å²) in [5.74, 6) is 0. The van der Waals surface area contributed by atoms with Crippen molar-refractivity contribution < 1.29 is 0 Å². The number of nitrogens with one attached hydrogen (secondary N) is 1. The average molecular weight is 163 g/mol. The maximum atomic E-state index is 6.79. The Morgan fingerprint density at radius 2 is 2.17 bits per heavy atom. The van der Waals surface area contributed by atoms with Gasteiger partial charge in [0.2, 0.25) is 0 Å². The molecule has 0 aliphatic rings. The lowest BCUT2D eigenvalue weighted by Gasteiger charge is -1.96. The van der Waals surface area contributed by atoms with Crippen molar-refractivity contribution in [3.05, 3.63) is 36.0 Å². The minimum absolute atomic E-state index is 0.962. The van der Waals surface area contributed by atoms with E-state index in [9.17, 15) is 0 Å². The van der Waals surface area contributed by atoms with Crippen LogP contribution in [0.3, 0.4) is 0 Å². The second-order valence-corrected chi connectivity index (χ2v) is 2.84. The van der Waals surface area contributed by atoms with Gasteiger partial charge in [0, 0.05) is 6.21 Å². The lowest BCUT2D eigenvalue weighted by Crippen LogP contribution is -1.76. The van der Waals surface area contributed by atoms with Gasteiger partial charge >= 0.3 is 0 Å². The summed E-state index contributed by atoms with van der Waals surface area (Å²) < 4.78 is 0. The van der Waals surface area contributed by atoms with Crippen molar-refractivity contribution in [2.45, 2.75) is 26.7 Å². The first-order valence-corrected chi connectivity index (χ1v) is 4.24. The summed E-state index contributed by atoms with van der Waals surface area (Å²) >= 11 is 0. The Labute approximate surface area is 75.0 Å². The predicted octanol–water partition coefficient (Wildman–Crippen LogP) is 3.49. The third-order valence-corrected chi connectivity index (χ3v) is 1.48. The van der Waals surface area contributed by atoms with E-state index < -0.39 is 0 Å². The molecule has 0 spiro atoms. The molecule has 1 nitrogen and oxygen atoms in total. The first kappa shape index (κ1) is 10.9. The molecular formula is C11H17N. The summed E-state index contributed by atoms with van der Waals surface area (Å²) in [5, 5.41) is 6.79. The van der Waals surface area contributed by atoms with E-state index in [2.05, 4.69) is 26.5 Å². The molecule has 1 heteroatoms. The van der Waals surface area contributed by atoms with Gasteiger partial charge in [0.1, 0.15) is 0 Å². The largest absolute Gasteiger partial charge is 0.309 e. The summed E-state index contributed by atoms with van der Waals surface area (Å²) in [7, 11) is 0. The van der Waals surface area contributed by atoms with Crippen molar-refractivity contribution in [3.8, 4) is 0 Å². The molecule has 0 radical (unpaired) electrons. The molecule has 1 N–H and O–H groups in total. The summed E-state index contributed by atoms with van der Waals surface area (Å²) in [6.07, 6.45) is 9.13. The van der Waals surface area contributed by atoms with Crippen LogP contribution in [-0.2, 0) is 0 Å². The van der Waals surface area contributed by atoms with E-state index >= 15 is 0 Å². The standard InChI is InChI=1S/C11H17N/c1-4-6-10(2)9-11(3)7-5-8-12/h5,7-9,12H,3-4,6H2,1-2H3/b7-5-,10-9+,12-8?. The molecule has 0 fully saturated rings. The average Bonchev–Trinajstić information content (AvgIpc) is 2.01. The van der Waals surface area contributed by atoms with Gasteiger partial charge in [-0.15, -0.1) is 0 Å². The molecule has 0 heterocycles. The molecule has 0 bridgehead atoms. The van der Waals surface area contributed by atoms with Gasteiger partial charge in [0.05, 0.1) is 0 Å². The van der Waals surface area contributed by atoms with Crippen molar-refractivity contribution >= 4 is 6.21 Å².